The van der Waals surface area contributed by atoms with Crippen LogP contribution in [-0.2, 0) is 16.0 Å². The van der Waals surface area contributed by atoms with E-state index in [1.165, 1.54) is 0 Å². The number of rotatable bonds is 8. The number of nitrogens with one attached hydrogen (secondary N) is 1. The normalized spacial score (nSPS) is 10.3. The van der Waals surface area contributed by atoms with Crippen LogP contribution < -0.4 is 5.32 Å². The van der Waals surface area contributed by atoms with Crippen LogP contribution in [0, 0.1) is 6.92 Å². The van der Waals surface area contributed by atoms with Crippen LogP contribution in [0.4, 0.5) is 0 Å². The zero-order valence-corrected chi connectivity index (χ0v) is 13.2. The summed E-state index contributed by atoms with van der Waals surface area (Å²) in [5.74, 6) is -0.775. The first kappa shape index (κ1) is 16.7. The molecule has 0 radical (unpaired) electrons. The fourth-order valence-electron chi connectivity index (χ4n) is 1.84. The number of amides is 1. The van der Waals surface area contributed by atoms with Gasteiger partial charge in [0.15, 0.2) is 0 Å². The van der Waals surface area contributed by atoms with Crippen molar-refractivity contribution in [1.82, 2.24) is 5.32 Å². The number of halogens is 1. The molecular weight excluding hydrogens is 322 g/mol. The molecule has 110 valence electrons. The van der Waals surface area contributed by atoms with Gasteiger partial charge in [0.05, 0.1) is 0 Å². The number of carboxylic acids is 1. The molecule has 0 saturated heterocycles. The van der Waals surface area contributed by atoms with Crippen molar-refractivity contribution in [2.45, 2.75) is 39.0 Å². The summed E-state index contributed by atoms with van der Waals surface area (Å²) in [4.78, 5) is 21.9. The largest absolute Gasteiger partial charge is 0.481 e. The van der Waals surface area contributed by atoms with E-state index in [0.29, 0.717) is 25.8 Å². The Bertz CT molecular complexity index is 474. The van der Waals surface area contributed by atoms with Crippen molar-refractivity contribution in [3.8, 4) is 0 Å². The van der Waals surface area contributed by atoms with Crippen molar-refractivity contribution in [2.24, 2.45) is 0 Å². The Hall–Kier alpha value is -1.36. The topological polar surface area (TPSA) is 66.4 Å². The van der Waals surface area contributed by atoms with Crippen LogP contribution >= 0.6 is 15.9 Å². The number of hydrogen-bond donors (Lipinski definition) is 2. The summed E-state index contributed by atoms with van der Waals surface area (Å²) >= 11 is 3.45. The molecule has 20 heavy (non-hydrogen) atoms. The number of aryl methyl sites for hydroxylation is 2. The zero-order valence-electron chi connectivity index (χ0n) is 11.6. The molecule has 1 aromatic carbocycles. The lowest BCUT2D eigenvalue weighted by atomic mass is 10.1. The Morgan fingerprint density at radius 3 is 2.65 bits per heavy atom. The van der Waals surface area contributed by atoms with E-state index < -0.39 is 5.97 Å². The van der Waals surface area contributed by atoms with E-state index in [0.717, 1.165) is 22.0 Å². The summed E-state index contributed by atoms with van der Waals surface area (Å²) in [7, 11) is 0. The summed E-state index contributed by atoms with van der Waals surface area (Å²) in [6, 6.07) is 6.08. The van der Waals surface area contributed by atoms with Gasteiger partial charge in [-0.15, -0.1) is 0 Å². The lowest BCUT2D eigenvalue weighted by Crippen LogP contribution is -2.24. The van der Waals surface area contributed by atoms with Crippen LogP contribution in [0.15, 0.2) is 22.7 Å². The SMILES string of the molecule is Cc1cc(CCC(=O)NCCCCC(=O)O)ccc1Br. The highest BCUT2D eigenvalue weighted by Gasteiger charge is 2.03. The molecular formula is C15H20BrNO3. The number of aliphatic carboxylic acids is 1. The Labute approximate surface area is 127 Å². The number of carboxylic acid groups (broad SMARTS) is 1. The molecule has 0 spiro atoms. The second-order valence-electron chi connectivity index (χ2n) is 4.78. The maximum Gasteiger partial charge on any atom is 0.303 e. The second kappa shape index (κ2) is 8.74. The summed E-state index contributed by atoms with van der Waals surface area (Å²) in [6.07, 6.45) is 2.64. The van der Waals surface area contributed by atoms with Gasteiger partial charge in [0.2, 0.25) is 5.91 Å². The van der Waals surface area contributed by atoms with E-state index in [-0.39, 0.29) is 12.3 Å². The molecule has 0 aliphatic carbocycles. The minimum atomic E-state index is -0.790. The standard InChI is InChI=1S/C15H20BrNO3/c1-11-10-12(5-7-13(11)16)6-8-14(18)17-9-3-2-4-15(19)20/h5,7,10H,2-4,6,8-9H2,1H3,(H,17,18)(H,19,20). The van der Waals surface area contributed by atoms with Gasteiger partial charge in [0.25, 0.3) is 0 Å². The van der Waals surface area contributed by atoms with Crippen LogP contribution in [0.25, 0.3) is 0 Å². The van der Waals surface area contributed by atoms with E-state index >= 15 is 0 Å². The van der Waals surface area contributed by atoms with Gasteiger partial charge in [-0.25, -0.2) is 0 Å². The summed E-state index contributed by atoms with van der Waals surface area (Å²) in [5.41, 5.74) is 2.31. The Balaban J connectivity index is 2.19. The Morgan fingerprint density at radius 2 is 2.00 bits per heavy atom. The molecule has 0 saturated carbocycles. The first-order valence-corrected chi connectivity index (χ1v) is 7.52. The molecule has 0 atom stereocenters. The third-order valence-electron chi connectivity index (χ3n) is 3.00. The molecule has 1 rings (SSSR count). The number of carbonyl (C=O) groups excluding carboxylic acids is 1. The first-order valence-electron chi connectivity index (χ1n) is 6.72. The van der Waals surface area contributed by atoms with Gasteiger partial charge in [-0.3, -0.25) is 9.59 Å². The third kappa shape index (κ3) is 6.70. The van der Waals surface area contributed by atoms with E-state index in [2.05, 4.69) is 27.3 Å². The van der Waals surface area contributed by atoms with E-state index in [1.54, 1.807) is 0 Å². The third-order valence-corrected chi connectivity index (χ3v) is 3.89. The van der Waals surface area contributed by atoms with Gasteiger partial charge >= 0.3 is 5.97 Å². The predicted molar refractivity (Wildman–Crippen MR) is 81.7 cm³/mol. The molecule has 0 aliphatic rings. The second-order valence-corrected chi connectivity index (χ2v) is 5.64. The number of carbonyl (C=O) groups is 2. The highest BCUT2D eigenvalue weighted by molar-refractivity contribution is 9.10. The monoisotopic (exact) mass is 341 g/mol. The molecule has 0 aliphatic heterocycles. The average molecular weight is 342 g/mol. The van der Waals surface area contributed by atoms with Crippen LogP contribution in [-0.4, -0.2) is 23.5 Å². The summed E-state index contributed by atoms with van der Waals surface area (Å²) < 4.78 is 1.07. The first-order chi connectivity index (χ1) is 9.49. The van der Waals surface area contributed by atoms with Crippen LogP contribution in [0.1, 0.15) is 36.8 Å². The van der Waals surface area contributed by atoms with Gasteiger partial charge in [-0.1, -0.05) is 28.1 Å². The van der Waals surface area contributed by atoms with Crippen molar-refractivity contribution in [3.63, 3.8) is 0 Å². The maximum atomic E-state index is 11.6. The fourth-order valence-corrected chi connectivity index (χ4v) is 2.08. The molecule has 2 N–H and O–H groups in total. The van der Waals surface area contributed by atoms with E-state index in [4.69, 9.17) is 5.11 Å². The van der Waals surface area contributed by atoms with Gasteiger partial charge in [-0.05, 0) is 43.4 Å². The number of benzene rings is 1. The smallest absolute Gasteiger partial charge is 0.303 e. The van der Waals surface area contributed by atoms with Gasteiger partial charge < -0.3 is 10.4 Å². The molecule has 1 amide bonds. The highest BCUT2D eigenvalue weighted by Crippen LogP contribution is 2.17. The molecule has 1 aromatic rings. The lowest BCUT2D eigenvalue weighted by Gasteiger charge is -2.06. The van der Waals surface area contributed by atoms with Crippen molar-refractivity contribution in [2.75, 3.05) is 6.54 Å². The highest BCUT2D eigenvalue weighted by atomic mass is 79.9. The lowest BCUT2D eigenvalue weighted by molar-refractivity contribution is -0.137. The van der Waals surface area contributed by atoms with Gasteiger partial charge in [0.1, 0.15) is 0 Å². The van der Waals surface area contributed by atoms with E-state index in [9.17, 15) is 9.59 Å². The van der Waals surface area contributed by atoms with Crippen molar-refractivity contribution >= 4 is 27.8 Å². The van der Waals surface area contributed by atoms with Crippen molar-refractivity contribution in [3.05, 3.63) is 33.8 Å². The predicted octanol–water partition coefficient (Wildman–Crippen LogP) is 3.06. The summed E-state index contributed by atoms with van der Waals surface area (Å²) in [6.45, 7) is 2.57. The Kier molecular flexibility index (Phi) is 7.30. The van der Waals surface area contributed by atoms with Crippen LogP contribution in [0.3, 0.4) is 0 Å². The van der Waals surface area contributed by atoms with Crippen molar-refractivity contribution < 1.29 is 14.7 Å². The van der Waals surface area contributed by atoms with Crippen LogP contribution in [0.5, 0.6) is 0 Å². The van der Waals surface area contributed by atoms with Gasteiger partial charge in [0, 0.05) is 23.9 Å². The minimum Gasteiger partial charge on any atom is -0.481 e. The van der Waals surface area contributed by atoms with Gasteiger partial charge in [-0.2, -0.15) is 0 Å². The molecule has 5 heteroatoms. The molecule has 0 heterocycles. The average Bonchev–Trinajstić information content (AvgIpc) is 2.39. The molecule has 0 aromatic heterocycles. The number of hydrogen-bond acceptors (Lipinski definition) is 2. The van der Waals surface area contributed by atoms with E-state index in [1.807, 2.05) is 19.1 Å². The zero-order chi connectivity index (χ0) is 15.0. The molecule has 0 unspecified atom stereocenters. The molecule has 4 nitrogen and oxygen atoms in total. The molecule has 0 fully saturated rings. The minimum absolute atomic E-state index is 0.0147. The summed E-state index contributed by atoms with van der Waals surface area (Å²) in [5, 5.41) is 11.3. The molecule has 0 bridgehead atoms. The van der Waals surface area contributed by atoms with Crippen molar-refractivity contribution in [1.29, 1.82) is 0 Å². The fraction of sp³-hybridized carbons (Fsp3) is 0.467. The Morgan fingerprint density at radius 1 is 1.25 bits per heavy atom. The van der Waals surface area contributed by atoms with Crippen LogP contribution in [0.2, 0.25) is 0 Å². The number of unbranched alkanes of at least 4 members (excludes halogenated alkanes) is 1. The quantitative estimate of drug-likeness (QED) is 0.714. The maximum absolute atomic E-state index is 11.6.